The first-order valence-electron chi connectivity index (χ1n) is 7.20. The topological polar surface area (TPSA) is 78.7 Å². The summed E-state index contributed by atoms with van der Waals surface area (Å²) in [5, 5.41) is 11.1. The number of carbonyl (C=O) groups is 1. The molecule has 0 amide bonds. The monoisotopic (exact) mass is 369 g/mol. The average Bonchev–Trinajstić information content (AvgIpc) is 2.46. The lowest BCUT2D eigenvalue weighted by atomic mass is 9.72. The van der Waals surface area contributed by atoms with Crippen LogP contribution >= 0.6 is 15.9 Å². The van der Waals surface area contributed by atoms with Crippen molar-refractivity contribution in [3.8, 4) is 11.5 Å². The van der Waals surface area contributed by atoms with Gasteiger partial charge in [0.25, 0.3) is 0 Å². The highest BCUT2D eigenvalue weighted by Gasteiger charge is 2.47. The maximum Gasteiger partial charge on any atom is 0.211 e. The van der Waals surface area contributed by atoms with Gasteiger partial charge < -0.3 is 9.47 Å². The molecule has 6 nitrogen and oxygen atoms in total. The minimum Gasteiger partial charge on any atom is -0.493 e. The molecule has 1 saturated carbocycles. The van der Waals surface area contributed by atoms with Crippen molar-refractivity contribution < 1.29 is 19.2 Å². The summed E-state index contributed by atoms with van der Waals surface area (Å²) >= 11 is 3.39. The van der Waals surface area contributed by atoms with Crippen molar-refractivity contribution in [1.82, 2.24) is 0 Å². The number of methoxy groups -OCH3 is 1. The first-order valence-corrected chi connectivity index (χ1v) is 7.99. The second kappa shape index (κ2) is 5.87. The van der Waals surface area contributed by atoms with Crippen LogP contribution in [0.1, 0.15) is 30.7 Å². The molecule has 1 aliphatic carbocycles. The number of halogens is 1. The molecular formula is C15H16BrNO5. The highest BCUT2D eigenvalue weighted by atomic mass is 79.9. The van der Waals surface area contributed by atoms with Gasteiger partial charge in [-0.05, 0) is 25.0 Å². The largest absolute Gasteiger partial charge is 0.493 e. The van der Waals surface area contributed by atoms with Crippen LogP contribution in [0.4, 0.5) is 0 Å². The Morgan fingerprint density at radius 2 is 2.27 bits per heavy atom. The third kappa shape index (κ3) is 2.58. The van der Waals surface area contributed by atoms with Crippen LogP contribution in [0.2, 0.25) is 0 Å². The standard InChI is InChI=1S/C15H16BrNO5/c1-21-13-6-8(16)5-9-10(7-17(19)20)14-11(18)3-2-4-12(14)22-15(9)13/h5-6,10,12,14H,2-4,7H2,1H3/t10-,12+,14-/m0/s1. The van der Waals surface area contributed by atoms with Crippen molar-refractivity contribution in [2.24, 2.45) is 5.92 Å². The van der Waals surface area contributed by atoms with Crippen LogP contribution < -0.4 is 9.47 Å². The van der Waals surface area contributed by atoms with E-state index in [1.807, 2.05) is 0 Å². The minimum absolute atomic E-state index is 0.0627. The predicted octanol–water partition coefficient (Wildman–Crippen LogP) is 2.95. The molecule has 3 rings (SSSR count). The van der Waals surface area contributed by atoms with Gasteiger partial charge >= 0.3 is 0 Å². The predicted molar refractivity (Wildman–Crippen MR) is 82.1 cm³/mol. The van der Waals surface area contributed by atoms with E-state index in [0.717, 1.165) is 17.3 Å². The van der Waals surface area contributed by atoms with Crippen molar-refractivity contribution in [1.29, 1.82) is 0 Å². The summed E-state index contributed by atoms with van der Waals surface area (Å²) < 4.78 is 12.1. The number of fused-ring (bicyclic) bond motifs is 2. The first-order chi connectivity index (χ1) is 10.5. The van der Waals surface area contributed by atoms with Crippen molar-refractivity contribution in [3.05, 3.63) is 32.3 Å². The number of ketones is 1. The fourth-order valence-corrected chi connectivity index (χ4v) is 3.96. The van der Waals surface area contributed by atoms with E-state index < -0.39 is 11.8 Å². The van der Waals surface area contributed by atoms with Gasteiger partial charge in [0, 0.05) is 21.4 Å². The van der Waals surface area contributed by atoms with E-state index in [0.29, 0.717) is 23.5 Å². The number of hydrogen-bond donors (Lipinski definition) is 0. The van der Waals surface area contributed by atoms with E-state index >= 15 is 0 Å². The maximum atomic E-state index is 12.3. The Hall–Kier alpha value is -1.63. The van der Waals surface area contributed by atoms with E-state index in [1.165, 1.54) is 7.11 Å². The van der Waals surface area contributed by atoms with Crippen LogP contribution in [0, 0.1) is 16.0 Å². The zero-order valence-electron chi connectivity index (χ0n) is 12.1. The molecule has 118 valence electrons. The van der Waals surface area contributed by atoms with E-state index in [-0.39, 0.29) is 23.4 Å². The third-order valence-corrected chi connectivity index (χ3v) is 4.86. The summed E-state index contributed by atoms with van der Waals surface area (Å²) in [7, 11) is 1.53. The van der Waals surface area contributed by atoms with E-state index in [9.17, 15) is 14.9 Å². The molecule has 1 aromatic rings. The number of hydrogen-bond acceptors (Lipinski definition) is 5. The highest BCUT2D eigenvalue weighted by molar-refractivity contribution is 9.10. The van der Waals surface area contributed by atoms with Crippen LogP contribution in [-0.4, -0.2) is 30.5 Å². The molecule has 1 aliphatic heterocycles. The van der Waals surface area contributed by atoms with Crippen molar-refractivity contribution >= 4 is 21.7 Å². The molecule has 0 N–H and O–H groups in total. The zero-order valence-corrected chi connectivity index (χ0v) is 13.7. The zero-order chi connectivity index (χ0) is 15.9. The number of Topliss-reactive ketones (excluding diaryl/α,β-unsaturated/α-hetero) is 1. The Morgan fingerprint density at radius 1 is 1.50 bits per heavy atom. The molecule has 1 aromatic carbocycles. The Morgan fingerprint density at radius 3 is 2.95 bits per heavy atom. The highest BCUT2D eigenvalue weighted by Crippen LogP contribution is 2.49. The SMILES string of the molecule is COc1cc(Br)cc2c1O[C@@H]1CCCC(=O)[C@@H]1[C@H]2C[N+](=O)[O-]. The number of benzene rings is 1. The Kier molecular flexibility index (Phi) is 4.08. The lowest BCUT2D eigenvalue weighted by Gasteiger charge is -2.40. The summed E-state index contributed by atoms with van der Waals surface area (Å²) in [5.41, 5.74) is 0.680. The van der Waals surface area contributed by atoms with Gasteiger partial charge in [-0.15, -0.1) is 0 Å². The average molecular weight is 370 g/mol. The van der Waals surface area contributed by atoms with Gasteiger partial charge in [0.05, 0.1) is 18.9 Å². The number of rotatable bonds is 3. The Bertz CT molecular complexity index is 633. The number of carbonyl (C=O) groups excluding carboxylic acids is 1. The van der Waals surface area contributed by atoms with Gasteiger partial charge in [0.2, 0.25) is 6.54 Å². The molecule has 22 heavy (non-hydrogen) atoms. The number of nitro groups is 1. The molecule has 3 atom stereocenters. The second-order valence-corrected chi connectivity index (χ2v) is 6.60. The third-order valence-electron chi connectivity index (χ3n) is 4.40. The van der Waals surface area contributed by atoms with Crippen LogP contribution in [0.25, 0.3) is 0 Å². The molecular weight excluding hydrogens is 354 g/mol. The van der Waals surface area contributed by atoms with E-state index in [4.69, 9.17) is 9.47 Å². The first kappa shape index (κ1) is 15.3. The molecule has 0 bridgehead atoms. The molecule has 2 aliphatic rings. The van der Waals surface area contributed by atoms with Crippen LogP contribution in [0.15, 0.2) is 16.6 Å². The number of nitrogens with zero attached hydrogens (tertiary/aromatic N) is 1. The summed E-state index contributed by atoms with van der Waals surface area (Å²) in [6, 6.07) is 3.57. The number of ether oxygens (including phenoxy) is 2. The van der Waals surface area contributed by atoms with Gasteiger partial charge in [-0.1, -0.05) is 15.9 Å². The van der Waals surface area contributed by atoms with Crippen molar-refractivity contribution in [2.45, 2.75) is 31.3 Å². The molecule has 0 unspecified atom stereocenters. The summed E-state index contributed by atoms with van der Waals surface area (Å²) in [6.45, 7) is -0.275. The molecule has 1 heterocycles. The van der Waals surface area contributed by atoms with Crippen molar-refractivity contribution in [3.63, 3.8) is 0 Å². The second-order valence-electron chi connectivity index (χ2n) is 5.69. The molecule has 0 saturated heterocycles. The van der Waals surface area contributed by atoms with Crippen LogP contribution in [0.3, 0.4) is 0 Å². The van der Waals surface area contributed by atoms with E-state index in [2.05, 4.69) is 15.9 Å². The summed E-state index contributed by atoms with van der Waals surface area (Å²) in [6.07, 6.45) is 1.68. The fourth-order valence-electron chi connectivity index (χ4n) is 3.51. The molecule has 1 fully saturated rings. The van der Waals surface area contributed by atoms with Gasteiger partial charge in [-0.3, -0.25) is 14.9 Å². The smallest absolute Gasteiger partial charge is 0.211 e. The maximum absolute atomic E-state index is 12.3. The lowest BCUT2D eigenvalue weighted by Crippen LogP contribution is -2.45. The molecule has 0 aromatic heterocycles. The molecule has 0 radical (unpaired) electrons. The van der Waals surface area contributed by atoms with Gasteiger partial charge in [0.15, 0.2) is 11.5 Å². The van der Waals surface area contributed by atoms with Crippen molar-refractivity contribution in [2.75, 3.05) is 13.7 Å². The van der Waals surface area contributed by atoms with Gasteiger partial charge in [-0.25, -0.2) is 0 Å². The molecule has 7 heteroatoms. The van der Waals surface area contributed by atoms with E-state index in [1.54, 1.807) is 12.1 Å². The summed E-state index contributed by atoms with van der Waals surface area (Å²) in [4.78, 5) is 23.1. The Balaban J connectivity index is 2.13. The quantitative estimate of drug-likeness (QED) is 0.604. The normalized spacial score (nSPS) is 26.6. The molecule has 0 spiro atoms. The van der Waals surface area contributed by atoms with Gasteiger partial charge in [0.1, 0.15) is 11.9 Å². The van der Waals surface area contributed by atoms with Gasteiger partial charge in [-0.2, -0.15) is 0 Å². The lowest BCUT2D eigenvalue weighted by molar-refractivity contribution is -0.485. The van der Waals surface area contributed by atoms with Crippen LogP contribution in [-0.2, 0) is 4.79 Å². The summed E-state index contributed by atoms with van der Waals surface area (Å²) in [5.74, 6) is 0.226. The Labute approximate surface area is 136 Å². The van der Waals surface area contributed by atoms with Crippen LogP contribution in [0.5, 0.6) is 11.5 Å². The minimum atomic E-state index is -0.469. The fraction of sp³-hybridized carbons (Fsp3) is 0.533.